The Hall–Kier alpha value is -1.98. The second kappa shape index (κ2) is 7.15. The quantitative estimate of drug-likeness (QED) is 0.830. The summed E-state index contributed by atoms with van der Waals surface area (Å²) in [6.07, 6.45) is 2.02. The fraction of sp³-hybridized carbons (Fsp3) is 0.188. The Kier molecular flexibility index (Phi) is 5.25. The van der Waals surface area contributed by atoms with E-state index in [2.05, 4.69) is 5.32 Å². The molecule has 0 heterocycles. The highest BCUT2D eigenvalue weighted by Gasteiger charge is 2.08. The van der Waals surface area contributed by atoms with Gasteiger partial charge >= 0.3 is 0 Å². The number of amides is 1. The molecule has 110 valence electrons. The van der Waals surface area contributed by atoms with Gasteiger partial charge in [0, 0.05) is 16.6 Å². The highest BCUT2D eigenvalue weighted by atomic mass is 32.2. The molecule has 1 unspecified atom stereocenters. The number of rotatable bonds is 5. The van der Waals surface area contributed by atoms with Crippen LogP contribution in [0.1, 0.15) is 6.92 Å². The first-order chi connectivity index (χ1) is 10.1. The largest absolute Gasteiger partial charge is 0.457 e. The number of anilines is 1. The van der Waals surface area contributed by atoms with Crippen molar-refractivity contribution in [2.45, 2.75) is 17.9 Å². The van der Waals surface area contributed by atoms with Gasteiger partial charge in [-0.2, -0.15) is 0 Å². The van der Waals surface area contributed by atoms with Gasteiger partial charge in [-0.05, 0) is 43.5 Å². The summed E-state index contributed by atoms with van der Waals surface area (Å²) in [7, 11) is 0. The van der Waals surface area contributed by atoms with Gasteiger partial charge in [-0.25, -0.2) is 0 Å². The Morgan fingerprint density at radius 2 is 1.86 bits per heavy atom. The summed E-state index contributed by atoms with van der Waals surface area (Å²) >= 11 is 1.66. The SMILES string of the molecule is CSc1cccc(Oc2cccc(NC(=O)C(C)N)c2)c1. The average molecular weight is 302 g/mol. The van der Waals surface area contributed by atoms with E-state index in [4.69, 9.17) is 10.5 Å². The van der Waals surface area contributed by atoms with Crippen LogP contribution in [0.3, 0.4) is 0 Å². The number of nitrogens with one attached hydrogen (secondary N) is 1. The third kappa shape index (κ3) is 4.51. The van der Waals surface area contributed by atoms with Crippen molar-refractivity contribution in [3.8, 4) is 11.5 Å². The summed E-state index contributed by atoms with van der Waals surface area (Å²) in [5, 5.41) is 2.74. The van der Waals surface area contributed by atoms with Gasteiger partial charge in [0.2, 0.25) is 5.91 Å². The van der Waals surface area contributed by atoms with Crippen molar-refractivity contribution in [3.63, 3.8) is 0 Å². The lowest BCUT2D eigenvalue weighted by Gasteiger charge is -2.10. The third-order valence-corrected chi connectivity index (χ3v) is 3.52. The van der Waals surface area contributed by atoms with Crippen molar-refractivity contribution in [3.05, 3.63) is 48.5 Å². The van der Waals surface area contributed by atoms with Gasteiger partial charge in [0.15, 0.2) is 0 Å². The van der Waals surface area contributed by atoms with Crippen molar-refractivity contribution >= 4 is 23.4 Å². The summed E-state index contributed by atoms with van der Waals surface area (Å²) in [4.78, 5) is 12.7. The van der Waals surface area contributed by atoms with E-state index in [0.717, 1.165) is 10.6 Å². The van der Waals surface area contributed by atoms with Crippen LogP contribution in [0.15, 0.2) is 53.4 Å². The van der Waals surface area contributed by atoms with Crippen molar-refractivity contribution in [2.24, 2.45) is 5.73 Å². The van der Waals surface area contributed by atoms with Gasteiger partial charge < -0.3 is 15.8 Å². The lowest BCUT2D eigenvalue weighted by Crippen LogP contribution is -2.32. The van der Waals surface area contributed by atoms with Gasteiger partial charge in [-0.1, -0.05) is 12.1 Å². The maximum atomic E-state index is 11.6. The van der Waals surface area contributed by atoms with Crippen LogP contribution in [0, 0.1) is 0 Å². The Morgan fingerprint density at radius 3 is 2.52 bits per heavy atom. The number of nitrogens with two attached hydrogens (primary N) is 1. The van der Waals surface area contributed by atoms with E-state index in [1.165, 1.54) is 0 Å². The molecule has 0 radical (unpaired) electrons. The minimum absolute atomic E-state index is 0.225. The summed E-state index contributed by atoms with van der Waals surface area (Å²) in [6, 6.07) is 14.5. The summed E-state index contributed by atoms with van der Waals surface area (Å²) in [5.41, 5.74) is 6.19. The number of hydrogen-bond donors (Lipinski definition) is 2. The molecule has 2 rings (SSSR count). The monoisotopic (exact) mass is 302 g/mol. The van der Waals surface area contributed by atoms with Crippen LogP contribution in [-0.2, 0) is 4.79 Å². The smallest absolute Gasteiger partial charge is 0.241 e. The Balaban J connectivity index is 2.12. The van der Waals surface area contributed by atoms with E-state index in [1.807, 2.05) is 42.7 Å². The predicted molar refractivity (Wildman–Crippen MR) is 87.0 cm³/mol. The molecule has 4 nitrogen and oxygen atoms in total. The predicted octanol–water partition coefficient (Wildman–Crippen LogP) is 3.49. The van der Waals surface area contributed by atoms with Crippen molar-refractivity contribution < 1.29 is 9.53 Å². The molecule has 0 aliphatic carbocycles. The highest BCUT2D eigenvalue weighted by Crippen LogP contribution is 2.27. The molecule has 0 spiro atoms. The Morgan fingerprint density at radius 1 is 1.19 bits per heavy atom. The number of benzene rings is 2. The minimum Gasteiger partial charge on any atom is -0.457 e. The van der Waals surface area contributed by atoms with Crippen LogP contribution in [0.2, 0.25) is 0 Å². The molecule has 0 bridgehead atoms. The molecule has 0 saturated heterocycles. The molecular formula is C16H18N2O2S. The lowest BCUT2D eigenvalue weighted by atomic mass is 10.2. The zero-order valence-corrected chi connectivity index (χ0v) is 12.8. The van der Waals surface area contributed by atoms with E-state index in [0.29, 0.717) is 11.4 Å². The maximum absolute atomic E-state index is 11.6. The zero-order valence-electron chi connectivity index (χ0n) is 12.0. The average Bonchev–Trinajstić information content (AvgIpc) is 2.47. The highest BCUT2D eigenvalue weighted by molar-refractivity contribution is 7.98. The van der Waals surface area contributed by atoms with Crippen molar-refractivity contribution in [1.82, 2.24) is 0 Å². The van der Waals surface area contributed by atoms with Crippen LogP contribution in [0.25, 0.3) is 0 Å². The fourth-order valence-electron chi connectivity index (χ4n) is 1.69. The van der Waals surface area contributed by atoms with Crippen molar-refractivity contribution in [2.75, 3.05) is 11.6 Å². The minimum atomic E-state index is -0.548. The first-order valence-corrected chi connectivity index (χ1v) is 7.79. The normalized spacial score (nSPS) is 11.8. The van der Waals surface area contributed by atoms with E-state index < -0.39 is 6.04 Å². The van der Waals surface area contributed by atoms with Gasteiger partial charge in [0.05, 0.1) is 6.04 Å². The number of carbonyl (C=O) groups is 1. The standard InChI is InChI=1S/C16H18N2O2S/c1-11(17)16(19)18-12-5-3-6-13(9-12)20-14-7-4-8-15(10-14)21-2/h3-11H,17H2,1-2H3,(H,18,19). The summed E-state index contributed by atoms with van der Waals surface area (Å²) < 4.78 is 5.81. The molecule has 0 fully saturated rings. The first-order valence-electron chi connectivity index (χ1n) is 6.57. The van der Waals surface area contributed by atoms with E-state index in [9.17, 15) is 4.79 Å². The lowest BCUT2D eigenvalue weighted by molar-refractivity contribution is -0.117. The zero-order chi connectivity index (χ0) is 15.2. The topological polar surface area (TPSA) is 64.3 Å². The first kappa shape index (κ1) is 15.4. The van der Waals surface area contributed by atoms with Crippen LogP contribution in [0.4, 0.5) is 5.69 Å². The molecule has 3 N–H and O–H groups in total. The summed E-state index contributed by atoms with van der Waals surface area (Å²) in [5.74, 6) is 1.20. The molecule has 1 amide bonds. The molecule has 1 atom stereocenters. The fourth-order valence-corrected chi connectivity index (χ4v) is 2.14. The van der Waals surface area contributed by atoms with Crippen LogP contribution >= 0.6 is 11.8 Å². The third-order valence-electron chi connectivity index (χ3n) is 2.79. The summed E-state index contributed by atoms with van der Waals surface area (Å²) in [6.45, 7) is 1.64. The van der Waals surface area contributed by atoms with Gasteiger partial charge in [0.25, 0.3) is 0 Å². The second-order valence-electron chi connectivity index (χ2n) is 4.59. The number of hydrogen-bond acceptors (Lipinski definition) is 4. The van der Waals surface area contributed by atoms with Gasteiger partial charge in [-0.15, -0.1) is 11.8 Å². The molecule has 0 saturated carbocycles. The molecule has 0 aliphatic heterocycles. The Bertz CT molecular complexity index is 629. The van der Waals surface area contributed by atoms with Gasteiger partial charge in [0.1, 0.15) is 11.5 Å². The van der Waals surface area contributed by atoms with E-state index >= 15 is 0 Å². The molecule has 2 aromatic carbocycles. The van der Waals surface area contributed by atoms with Crippen LogP contribution in [-0.4, -0.2) is 18.2 Å². The van der Waals surface area contributed by atoms with E-state index in [1.54, 1.807) is 30.8 Å². The van der Waals surface area contributed by atoms with Crippen LogP contribution < -0.4 is 15.8 Å². The molecule has 0 aromatic heterocycles. The number of thioether (sulfide) groups is 1. The number of carbonyl (C=O) groups excluding carboxylic acids is 1. The van der Waals surface area contributed by atoms with Crippen molar-refractivity contribution in [1.29, 1.82) is 0 Å². The van der Waals surface area contributed by atoms with E-state index in [-0.39, 0.29) is 5.91 Å². The molecule has 21 heavy (non-hydrogen) atoms. The second-order valence-corrected chi connectivity index (χ2v) is 5.47. The van der Waals surface area contributed by atoms with Crippen LogP contribution in [0.5, 0.6) is 11.5 Å². The van der Waals surface area contributed by atoms with Gasteiger partial charge in [-0.3, -0.25) is 4.79 Å². The molecule has 0 aliphatic rings. The molecular weight excluding hydrogens is 284 g/mol. The number of ether oxygens (including phenoxy) is 1. The molecule has 5 heteroatoms. The Labute approximate surface area is 128 Å². The maximum Gasteiger partial charge on any atom is 0.241 e. The molecule has 2 aromatic rings.